The number of para-hydroxylation sites is 1. The monoisotopic (exact) mass is 469 g/mol. The van der Waals surface area contributed by atoms with Crippen LogP contribution in [0.2, 0.25) is 10.0 Å². The molecule has 0 radical (unpaired) electrons. The molecule has 3 aromatic carbocycles. The van der Waals surface area contributed by atoms with Gasteiger partial charge in [0, 0.05) is 11.3 Å². The molecule has 8 heteroatoms. The highest BCUT2D eigenvalue weighted by atomic mass is 35.5. The van der Waals surface area contributed by atoms with Crippen LogP contribution in [0.3, 0.4) is 0 Å². The Morgan fingerprint density at radius 1 is 0.938 bits per heavy atom. The molecule has 164 valence electrons. The van der Waals surface area contributed by atoms with Crippen molar-refractivity contribution < 1.29 is 14.3 Å². The molecule has 3 rings (SSSR count). The van der Waals surface area contributed by atoms with Crippen molar-refractivity contribution in [1.82, 2.24) is 5.43 Å². The summed E-state index contributed by atoms with van der Waals surface area (Å²) in [4.78, 5) is 24.1. The molecule has 0 atom stereocenters. The molecule has 0 aliphatic rings. The van der Waals surface area contributed by atoms with Crippen LogP contribution in [-0.4, -0.2) is 18.0 Å². The molecule has 0 aliphatic heterocycles. The van der Waals surface area contributed by atoms with Crippen molar-refractivity contribution in [3.05, 3.63) is 93.5 Å². The third-order valence-electron chi connectivity index (χ3n) is 4.49. The van der Waals surface area contributed by atoms with Crippen molar-refractivity contribution >= 4 is 46.9 Å². The van der Waals surface area contributed by atoms with Crippen LogP contribution < -0.4 is 15.5 Å². The fourth-order valence-electron chi connectivity index (χ4n) is 2.73. The number of nitrogens with zero attached hydrogens (tertiary/aromatic N) is 1. The quantitative estimate of drug-likeness (QED) is 0.282. The molecular formula is C24H21Cl2N3O3. The second-order valence-electron chi connectivity index (χ2n) is 6.78. The van der Waals surface area contributed by atoms with Gasteiger partial charge in [-0.15, -0.1) is 0 Å². The van der Waals surface area contributed by atoms with Crippen molar-refractivity contribution in [3.8, 4) is 5.75 Å². The molecule has 32 heavy (non-hydrogen) atoms. The molecule has 3 aromatic rings. The molecule has 0 aromatic heterocycles. The molecular weight excluding hydrogens is 449 g/mol. The average molecular weight is 470 g/mol. The smallest absolute Gasteiger partial charge is 0.329 e. The van der Waals surface area contributed by atoms with Crippen LogP contribution in [0, 0.1) is 0 Å². The summed E-state index contributed by atoms with van der Waals surface area (Å²) in [6, 6.07) is 19.7. The van der Waals surface area contributed by atoms with Gasteiger partial charge in [0.1, 0.15) is 12.4 Å². The highest BCUT2D eigenvalue weighted by Gasteiger charge is 2.13. The lowest BCUT2D eigenvalue weighted by molar-refractivity contribution is -0.136. The van der Waals surface area contributed by atoms with E-state index in [1.807, 2.05) is 37.3 Å². The molecule has 0 saturated heterocycles. The predicted octanol–water partition coefficient (Wildman–Crippen LogP) is 5.22. The summed E-state index contributed by atoms with van der Waals surface area (Å²) >= 11 is 12.0. The van der Waals surface area contributed by atoms with E-state index in [9.17, 15) is 9.59 Å². The van der Waals surface area contributed by atoms with Gasteiger partial charge in [-0.1, -0.05) is 60.5 Å². The van der Waals surface area contributed by atoms with E-state index in [2.05, 4.69) is 15.8 Å². The van der Waals surface area contributed by atoms with Crippen molar-refractivity contribution in [2.75, 3.05) is 5.32 Å². The van der Waals surface area contributed by atoms with Gasteiger partial charge in [-0.2, -0.15) is 5.10 Å². The fourth-order valence-corrected chi connectivity index (χ4v) is 3.05. The van der Waals surface area contributed by atoms with Gasteiger partial charge in [0.15, 0.2) is 0 Å². The summed E-state index contributed by atoms with van der Waals surface area (Å²) in [6.07, 6.45) is 2.30. The van der Waals surface area contributed by atoms with Gasteiger partial charge in [-0.3, -0.25) is 9.59 Å². The number of carbonyl (C=O) groups excluding carboxylic acids is 2. The van der Waals surface area contributed by atoms with Crippen molar-refractivity contribution in [2.24, 2.45) is 5.10 Å². The molecule has 0 bridgehead atoms. The van der Waals surface area contributed by atoms with Crippen LogP contribution in [0.4, 0.5) is 5.69 Å². The minimum atomic E-state index is -0.880. The number of nitrogens with one attached hydrogen (secondary N) is 2. The van der Waals surface area contributed by atoms with Crippen LogP contribution in [0.5, 0.6) is 5.75 Å². The van der Waals surface area contributed by atoms with E-state index in [0.717, 1.165) is 17.5 Å². The predicted molar refractivity (Wildman–Crippen MR) is 127 cm³/mol. The molecule has 6 nitrogen and oxygen atoms in total. The van der Waals surface area contributed by atoms with Gasteiger partial charge in [0.2, 0.25) is 0 Å². The number of rotatable bonds is 7. The van der Waals surface area contributed by atoms with Crippen LogP contribution in [0.25, 0.3) is 0 Å². The third kappa shape index (κ3) is 6.57. The normalized spacial score (nSPS) is 10.7. The average Bonchev–Trinajstić information content (AvgIpc) is 2.81. The van der Waals surface area contributed by atoms with E-state index >= 15 is 0 Å². The van der Waals surface area contributed by atoms with Gasteiger partial charge >= 0.3 is 11.8 Å². The molecule has 2 N–H and O–H groups in total. The van der Waals surface area contributed by atoms with E-state index in [0.29, 0.717) is 27.0 Å². The highest BCUT2D eigenvalue weighted by Crippen LogP contribution is 2.24. The number of amides is 2. The van der Waals surface area contributed by atoms with E-state index in [4.69, 9.17) is 27.9 Å². The van der Waals surface area contributed by atoms with Crippen molar-refractivity contribution in [1.29, 1.82) is 0 Å². The minimum absolute atomic E-state index is 0.271. The number of hydrogen-bond acceptors (Lipinski definition) is 4. The summed E-state index contributed by atoms with van der Waals surface area (Å²) in [5.41, 5.74) is 5.37. The largest absolute Gasteiger partial charge is 0.488 e. The first-order valence-corrected chi connectivity index (χ1v) is 10.6. The molecule has 0 spiro atoms. The molecule has 0 fully saturated rings. The Hall–Kier alpha value is -3.35. The molecule has 0 saturated carbocycles. The Labute approximate surface area is 196 Å². The van der Waals surface area contributed by atoms with Gasteiger partial charge in [0.25, 0.3) is 0 Å². The fraction of sp³-hybridized carbons (Fsp3) is 0.125. The zero-order chi connectivity index (χ0) is 22.9. The number of carbonyl (C=O) groups is 2. The first-order valence-electron chi connectivity index (χ1n) is 9.85. The van der Waals surface area contributed by atoms with Crippen molar-refractivity contribution in [3.63, 3.8) is 0 Å². The summed E-state index contributed by atoms with van der Waals surface area (Å²) in [6.45, 7) is 2.31. The third-order valence-corrected chi connectivity index (χ3v) is 5.23. The Morgan fingerprint density at radius 3 is 2.38 bits per heavy atom. The molecule has 2 amide bonds. The van der Waals surface area contributed by atoms with E-state index in [1.165, 1.54) is 6.21 Å². The maximum absolute atomic E-state index is 12.0. The minimum Gasteiger partial charge on any atom is -0.488 e. The standard InChI is InChI=1S/C24H21Cl2N3O3/c1-2-16-7-10-19(11-8-16)28-23(30)24(31)29-27-14-18-5-3-4-6-22(18)32-15-17-9-12-20(25)21(26)13-17/h3-14H,2,15H2,1H3,(H,28,30)(H,29,31)/b27-14-. The first-order chi connectivity index (χ1) is 15.5. The zero-order valence-corrected chi connectivity index (χ0v) is 18.8. The Kier molecular flexibility index (Phi) is 8.25. The lowest BCUT2D eigenvalue weighted by atomic mass is 10.1. The molecule has 0 unspecified atom stereocenters. The first kappa shape index (κ1) is 23.3. The second kappa shape index (κ2) is 11.3. The number of anilines is 1. The maximum atomic E-state index is 12.0. The van der Waals surface area contributed by atoms with Crippen LogP contribution in [-0.2, 0) is 22.6 Å². The Morgan fingerprint density at radius 2 is 1.66 bits per heavy atom. The van der Waals surface area contributed by atoms with Crippen LogP contribution >= 0.6 is 23.2 Å². The SMILES string of the molecule is CCc1ccc(NC(=O)C(=O)N/N=C\c2ccccc2OCc2ccc(Cl)c(Cl)c2)cc1. The molecule has 0 aliphatic carbocycles. The Balaban J connectivity index is 1.56. The highest BCUT2D eigenvalue weighted by molar-refractivity contribution is 6.42. The van der Waals surface area contributed by atoms with E-state index < -0.39 is 11.8 Å². The summed E-state index contributed by atoms with van der Waals surface area (Å²) < 4.78 is 5.84. The van der Waals surface area contributed by atoms with Gasteiger partial charge in [-0.05, 0) is 53.9 Å². The number of ether oxygens (including phenoxy) is 1. The van der Waals surface area contributed by atoms with Crippen LogP contribution in [0.15, 0.2) is 71.8 Å². The number of hydrazone groups is 1. The summed E-state index contributed by atoms with van der Waals surface area (Å²) in [5, 5.41) is 7.32. The number of aryl methyl sites for hydroxylation is 1. The van der Waals surface area contributed by atoms with Gasteiger partial charge in [-0.25, -0.2) is 5.43 Å². The lowest BCUT2D eigenvalue weighted by Crippen LogP contribution is -2.32. The zero-order valence-electron chi connectivity index (χ0n) is 17.3. The van der Waals surface area contributed by atoms with Gasteiger partial charge < -0.3 is 10.1 Å². The number of hydrogen-bond donors (Lipinski definition) is 2. The van der Waals surface area contributed by atoms with E-state index in [-0.39, 0.29) is 6.61 Å². The van der Waals surface area contributed by atoms with Gasteiger partial charge in [0.05, 0.1) is 16.3 Å². The van der Waals surface area contributed by atoms with E-state index in [1.54, 1.807) is 36.4 Å². The number of benzene rings is 3. The molecule has 0 heterocycles. The maximum Gasteiger partial charge on any atom is 0.329 e. The van der Waals surface area contributed by atoms with Crippen molar-refractivity contribution in [2.45, 2.75) is 20.0 Å². The lowest BCUT2D eigenvalue weighted by Gasteiger charge is -2.09. The number of halogens is 2. The second-order valence-corrected chi connectivity index (χ2v) is 7.59. The topological polar surface area (TPSA) is 79.8 Å². The summed E-state index contributed by atoms with van der Waals surface area (Å²) in [7, 11) is 0. The van der Waals surface area contributed by atoms with Crippen LogP contribution in [0.1, 0.15) is 23.6 Å². The summed E-state index contributed by atoms with van der Waals surface area (Å²) in [5.74, 6) is -1.14. The Bertz CT molecular complexity index is 1130.